The Hall–Kier alpha value is -3.14. The summed E-state index contributed by atoms with van der Waals surface area (Å²) in [5.41, 5.74) is -2.33. The third-order valence-corrected chi connectivity index (χ3v) is 3.84. The number of hydrogen-bond acceptors (Lipinski definition) is 5. The minimum Gasteiger partial charge on any atom is -0.449 e. The molecule has 0 aliphatic heterocycles. The molecule has 0 aliphatic rings. The molecule has 0 saturated heterocycles. The lowest BCUT2D eigenvalue weighted by molar-refractivity contribution is -0.384. The number of rotatable bonds is 5. The first-order valence-corrected chi connectivity index (χ1v) is 8.00. The first-order valence-electron chi connectivity index (χ1n) is 7.62. The monoisotopic (exact) mass is 416 g/mol. The zero-order chi connectivity index (χ0) is 21.1. The van der Waals surface area contributed by atoms with E-state index < -0.39 is 46.0 Å². The number of carbonyl (C=O) groups excluding carboxylic acids is 2. The molecule has 0 bridgehead atoms. The molecule has 0 radical (unpaired) electrons. The van der Waals surface area contributed by atoms with Gasteiger partial charge >= 0.3 is 12.1 Å². The molecular weight excluding hydrogens is 405 g/mol. The maximum Gasteiger partial charge on any atom is 0.418 e. The molecule has 0 spiro atoms. The van der Waals surface area contributed by atoms with E-state index in [9.17, 15) is 32.9 Å². The molecule has 0 aromatic heterocycles. The molecule has 11 heteroatoms. The highest BCUT2D eigenvalue weighted by atomic mass is 35.5. The Labute approximate surface area is 161 Å². The molecular formula is C17H12ClF3N2O5. The van der Waals surface area contributed by atoms with Crippen molar-refractivity contribution in [3.63, 3.8) is 0 Å². The fraction of sp³-hybridized carbons (Fsp3) is 0.176. The Morgan fingerprint density at radius 1 is 1.21 bits per heavy atom. The van der Waals surface area contributed by atoms with Crippen LogP contribution in [0.5, 0.6) is 0 Å². The van der Waals surface area contributed by atoms with Crippen molar-refractivity contribution < 1.29 is 32.4 Å². The third-order valence-electron chi connectivity index (χ3n) is 3.52. The molecule has 0 fully saturated rings. The van der Waals surface area contributed by atoms with Crippen molar-refractivity contribution in [2.75, 3.05) is 5.32 Å². The first kappa shape index (κ1) is 21.2. The number of halogens is 4. The summed E-state index contributed by atoms with van der Waals surface area (Å²) in [4.78, 5) is 34.2. The van der Waals surface area contributed by atoms with Gasteiger partial charge in [0.05, 0.1) is 21.7 Å². The molecule has 2 rings (SSSR count). The number of anilines is 1. The Kier molecular flexibility index (Phi) is 6.24. The summed E-state index contributed by atoms with van der Waals surface area (Å²) < 4.78 is 43.8. The van der Waals surface area contributed by atoms with E-state index in [-0.39, 0.29) is 10.6 Å². The van der Waals surface area contributed by atoms with E-state index in [1.807, 2.05) is 5.32 Å². The van der Waals surface area contributed by atoms with Crippen LogP contribution in [0.3, 0.4) is 0 Å². The van der Waals surface area contributed by atoms with Gasteiger partial charge in [0.25, 0.3) is 11.6 Å². The van der Waals surface area contributed by atoms with Crippen molar-refractivity contribution in [2.24, 2.45) is 0 Å². The van der Waals surface area contributed by atoms with E-state index in [2.05, 4.69) is 0 Å². The van der Waals surface area contributed by atoms with Gasteiger partial charge in [-0.05, 0) is 31.2 Å². The van der Waals surface area contributed by atoms with Crippen LogP contribution in [0.2, 0.25) is 5.02 Å². The smallest absolute Gasteiger partial charge is 0.418 e. The van der Waals surface area contributed by atoms with Gasteiger partial charge < -0.3 is 10.1 Å². The zero-order valence-electron chi connectivity index (χ0n) is 14.1. The number of para-hydroxylation sites is 1. The Balaban J connectivity index is 2.12. The molecule has 0 heterocycles. The standard InChI is InChI=1S/C17H12ClF3N2O5/c1-9(15(24)22-13-5-3-2-4-11(13)17(19,20)21)28-16(25)10-6-7-12(18)14(8-10)23(26)27/h2-9H,1H3,(H,22,24). The number of ether oxygens (including phenoxy) is 1. The van der Waals surface area contributed by atoms with Gasteiger partial charge in [-0.25, -0.2) is 4.79 Å². The van der Waals surface area contributed by atoms with Gasteiger partial charge in [0.1, 0.15) is 5.02 Å². The van der Waals surface area contributed by atoms with Crippen LogP contribution in [0.15, 0.2) is 42.5 Å². The number of carbonyl (C=O) groups is 2. The van der Waals surface area contributed by atoms with Crippen LogP contribution in [0, 0.1) is 10.1 Å². The number of nitrogens with one attached hydrogen (secondary N) is 1. The fourth-order valence-corrected chi connectivity index (χ4v) is 2.32. The summed E-state index contributed by atoms with van der Waals surface area (Å²) in [6, 6.07) is 7.44. The van der Waals surface area contributed by atoms with Crippen LogP contribution in [-0.2, 0) is 15.7 Å². The van der Waals surface area contributed by atoms with Crippen LogP contribution in [-0.4, -0.2) is 22.9 Å². The average Bonchev–Trinajstić information content (AvgIpc) is 2.61. The highest BCUT2D eigenvalue weighted by Gasteiger charge is 2.34. The van der Waals surface area contributed by atoms with Crippen LogP contribution in [0.4, 0.5) is 24.5 Å². The van der Waals surface area contributed by atoms with E-state index in [1.54, 1.807) is 0 Å². The number of benzene rings is 2. The van der Waals surface area contributed by atoms with Gasteiger partial charge in [-0.2, -0.15) is 13.2 Å². The van der Waals surface area contributed by atoms with Crippen molar-refractivity contribution >= 4 is 34.9 Å². The first-order chi connectivity index (χ1) is 13.0. The average molecular weight is 417 g/mol. The minimum absolute atomic E-state index is 0.198. The molecule has 1 amide bonds. The van der Waals surface area contributed by atoms with E-state index in [4.69, 9.17) is 16.3 Å². The Bertz CT molecular complexity index is 933. The lowest BCUT2D eigenvalue weighted by atomic mass is 10.1. The van der Waals surface area contributed by atoms with Crippen molar-refractivity contribution in [3.05, 3.63) is 68.7 Å². The second-order valence-electron chi connectivity index (χ2n) is 5.50. The van der Waals surface area contributed by atoms with Crippen molar-refractivity contribution in [3.8, 4) is 0 Å². The van der Waals surface area contributed by atoms with Gasteiger partial charge in [0.2, 0.25) is 0 Å². The van der Waals surface area contributed by atoms with Gasteiger partial charge in [0.15, 0.2) is 6.10 Å². The van der Waals surface area contributed by atoms with E-state index in [0.717, 1.165) is 43.3 Å². The van der Waals surface area contributed by atoms with Crippen LogP contribution in [0.1, 0.15) is 22.8 Å². The SMILES string of the molecule is CC(OC(=O)c1ccc(Cl)c([N+](=O)[O-])c1)C(=O)Nc1ccccc1C(F)(F)F. The summed E-state index contributed by atoms with van der Waals surface area (Å²) in [6.07, 6.45) is -6.16. The number of nitro benzene ring substituents is 1. The minimum atomic E-state index is -4.69. The number of hydrogen-bond donors (Lipinski definition) is 1. The molecule has 148 valence electrons. The lowest BCUT2D eigenvalue weighted by Gasteiger charge is -2.16. The van der Waals surface area contributed by atoms with Gasteiger partial charge in [-0.1, -0.05) is 23.7 Å². The van der Waals surface area contributed by atoms with Gasteiger partial charge in [0, 0.05) is 6.07 Å². The summed E-state index contributed by atoms with van der Waals surface area (Å²) in [5, 5.41) is 12.7. The maximum atomic E-state index is 13.0. The summed E-state index contributed by atoms with van der Waals surface area (Å²) >= 11 is 5.64. The molecule has 1 unspecified atom stereocenters. The summed E-state index contributed by atoms with van der Waals surface area (Å²) in [7, 11) is 0. The molecule has 1 atom stereocenters. The van der Waals surface area contributed by atoms with Crippen LogP contribution >= 0.6 is 11.6 Å². The second-order valence-corrected chi connectivity index (χ2v) is 5.91. The molecule has 2 aromatic carbocycles. The zero-order valence-corrected chi connectivity index (χ0v) is 14.9. The number of amides is 1. The number of nitrogens with zero attached hydrogens (tertiary/aromatic N) is 1. The highest BCUT2D eigenvalue weighted by molar-refractivity contribution is 6.32. The lowest BCUT2D eigenvalue weighted by Crippen LogP contribution is -2.30. The van der Waals surface area contributed by atoms with Crippen LogP contribution < -0.4 is 5.32 Å². The largest absolute Gasteiger partial charge is 0.449 e. The predicted octanol–water partition coefficient (Wildman–Crippen LogP) is 4.45. The van der Waals surface area contributed by atoms with E-state index in [1.165, 1.54) is 6.07 Å². The van der Waals surface area contributed by atoms with E-state index in [0.29, 0.717) is 0 Å². The quantitative estimate of drug-likeness (QED) is 0.441. The summed E-state index contributed by atoms with van der Waals surface area (Å²) in [5.74, 6) is -2.08. The highest BCUT2D eigenvalue weighted by Crippen LogP contribution is 2.34. The van der Waals surface area contributed by atoms with Gasteiger partial charge in [-0.3, -0.25) is 14.9 Å². The molecule has 7 nitrogen and oxygen atoms in total. The Morgan fingerprint density at radius 2 is 1.86 bits per heavy atom. The van der Waals surface area contributed by atoms with E-state index >= 15 is 0 Å². The number of esters is 1. The molecule has 0 saturated carbocycles. The number of alkyl halides is 3. The van der Waals surface area contributed by atoms with Crippen LogP contribution in [0.25, 0.3) is 0 Å². The van der Waals surface area contributed by atoms with Crippen molar-refractivity contribution in [1.82, 2.24) is 0 Å². The molecule has 1 N–H and O–H groups in total. The topological polar surface area (TPSA) is 98.5 Å². The normalized spacial score (nSPS) is 12.2. The predicted molar refractivity (Wildman–Crippen MR) is 93.1 cm³/mol. The van der Waals surface area contributed by atoms with Crippen molar-refractivity contribution in [1.29, 1.82) is 0 Å². The number of nitro groups is 1. The van der Waals surface area contributed by atoms with Gasteiger partial charge in [-0.15, -0.1) is 0 Å². The fourth-order valence-electron chi connectivity index (χ4n) is 2.14. The Morgan fingerprint density at radius 3 is 2.46 bits per heavy atom. The summed E-state index contributed by atoms with van der Waals surface area (Å²) in [6.45, 7) is 1.15. The molecule has 2 aromatic rings. The molecule has 28 heavy (non-hydrogen) atoms. The second kappa shape index (κ2) is 8.26. The maximum absolute atomic E-state index is 13.0. The van der Waals surface area contributed by atoms with Crippen molar-refractivity contribution in [2.45, 2.75) is 19.2 Å². The molecule has 0 aliphatic carbocycles. The third kappa shape index (κ3) is 4.97.